The molecule has 1 fully saturated rings. The molecule has 0 unspecified atom stereocenters. The summed E-state index contributed by atoms with van der Waals surface area (Å²) in [6.45, 7) is 3.02. The van der Waals surface area contributed by atoms with Crippen LogP contribution in [0.4, 0.5) is 5.69 Å². The van der Waals surface area contributed by atoms with E-state index in [1.165, 1.54) is 16.4 Å². The Morgan fingerprint density at radius 2 is 1.65 bits per heavy atom. The molecule has 0 radical (unpaired) electrons. The number of amides is 1. The van der Waals surface area contributed by atoms with Gasteiger partial charge < -0.3 is 10.6 Å². The number of piperazine rings is 1. The van der Waals surface area contributed by atoms with E-state index in [2.05, 4.69) is 0 Å². The van der Waals surface area contributed by atoms with Crippen molar-refractivity contribution in [3.05, 3.63) is 58.6 Å². The van der Waals surface area contributed by atoms with E-state index in [1.807, 2.05) is 13.0 Å². The molecule has 6 nitrogen and oxygen atoms in total. The second-order valence-corrected chi connectivity index (χ2v) is 8.60. The lowest BCUT2D eigenvalue weighted by atomic mass is 10.1. The van der Waals surface area contributed by atoms with Gasteiger partial charge in [-0.2, -0.15) is 4.31 Å². The summed E-state index contributed by atoms with van der Waals surface area (Å²) in [5.41, 5.74) is 7.71. The van der Waals surface area contributed by atoms with Gasteiger partial charge in [-0.15, -0.1) is 0 Å². The summed E-state index contributed by atoms with van der Waals surface area (Å²) in [6, 6.07) is 11.3. The van der Waals surface area contributed by atoms with E-state index in [1.54, 1.807) is 29.2 Å². The molecule has 8 heteroatoms. The number of carbonyl (C=O) groups is 1. The minimum absolute atomic E-state index is 0.127. The molecule has 0 aliphatic carbocycles. The molecule has 0 aromatic heterocycles. The summed E-state index contributed by atoms with van der Waals surface area (Å²) in [7, 11) is -3.59. The number of hydrogen-bond acceptors (Lipinski definition) is 4. The van der Waals surface area contributed by atoms with E-state index in [0.717, 1.165) is 5.56 Å². The third-order valence-corrected chi connectivity index (χ3v) is 6.63. The Morgan fingerprint density at radius 1 is 1.04 bits per heavy atom. The minimum atomic E-state index is -3.59. The van der Waals surface area contributed by atoms with E-state index in [0.29, 0.717) is 29.4 Å². The van der Waals surface area contributed by atoms with Crippen LogP contribution in [0.1, 0.15) is 15.9 Å². The van der Waals surface area contributed by atoms with E-state index in [9.17, 15) is 13.2 Å². The maximum atomic E-state index is 12.7. The lowest BCUT2D eigenvalue weighted by Crippen LogP contribution is -2.50. The largest absolute Gasteiger partial charge is 0.399 e. The van der Waals surface area contributed by atoms with Crippen LogP contribution in [-0.2, 0) is 10.0 Å². The Morgan fingerprint density at radius 3 is 2.27 bits per heavy atom. The molecule has 3 rings (SSSR count). The molecule has 0 spiro atoms. The zero-order chi connectivity index (χ0) is 18.9. The number of nitrogens with two attached hydrogens (primary N) is 1. The fourth-order valence-corrected chi connectivity index (χ4v) is 4.48. The van der Waals surface area contributed by atoms with Crippen LogP contribution in [0.2, 0.25) is 5.02 Å². The van der Waals surface area contributed by atoms with E-state index >= 15 is 0 Å². The molecule has 1 aliphatic rings. The molecule has 0 saturated carbocycles. The molecule has 2 aromatic carbocycles. The Labute approximate surface area is 158 Å². The highest BCUT2D eigenvalue weighted by Crippen LogP contribution is 2.21. The molecule has 1 amide bonds. The van der Waals surface area contributed by atoms with Gasteiger partial charge in [0.1, 0.15) is 0 Å². The van der Waals surface area contributed by atoms with Crippen LogP contribution in [-0.4, -0.2) is 49.7 Å². The van der Waals surface area contributed by atoms with Gasteiger partial charge in [0, 0.05) is 42.5 Å². The fourth-order valence-electron chi connectivity index (χ4n) is 2.93. The third-order valence-electron chi connectivity index (χ3n) is 4.47. The number of halogens is 1. The topological polar surface area (TPSA) is 83.7 Å². The molecular weight excluding hydrogens is 374 g/mol. The predicted octanol–water partition coefficient (Wildman–Crippen LogP) is 2.38. The van der Waals surface area contributed by atoms with Crippen LogP contribution in [0.15, 0.2) is 47.4 Å². The number of nitrogen functional groups attached to an aromatic ring is 1. The van der Waals surface area contributed by atoms with E-state index in [-0.39, 0.29) is 23.9 Å². The lowest BCUT2D eigenvalue weighted by Gasteiger charge is -2.34. The standard InChI is InChI=1S/C18H20ClN3O3S/c1-13-2-5-15(20)12-17(13)18(23)21-8-10-22(11-9-21)26(24,25)16-6-3-14(19)4-7-16/h2-7,12H,8-11,20H2,1H3. The normalized spacial score (nSPS) is 15.8. The van der Waals surface area contributed by atoms with Gasteiger partial charge in [0.05, 0.1) is 4.90 Å². The van der Waals surface area contributed by atoms with Crippen LogP contribution < -0.4 is 5.73 Å². The monoisotopic (exact) mass is 393 g/mol. The van der Waals surface area contributed by atoms with Crippen molar-refractivity contribution in [1.29, 1.82) is 0 Å². The third kappa shape index (κ3) is 3.70. The second kappa shape index (κ2) is 7.26. The number of sulfonamides is 1. The number of rotatable bonds is 3. The van der Waals surface area contributed by atoms with Crippen molar-refractivity contribution >= 4 is 33.2 Å². The van der Waals surface area contributed by atoms with Crippen molar-refractivity contribution in [2.75, 3.05) is 31.9 Å². The van der Waals surface area contributed by atoms with Crippen LogP contribution >= 0.6 is 11.6 Å². The highest BCUT2D eigenvalue weighted by molar-refractivity contribution is 7.89. The molecule has 1 aliphatic heterocycles. The Bertz CT molecular complexity index is 921. The SMILES string of the molecule is Cc1ccc(N)cc1C(=O)N1CCN(S(=O)(=O)c2ccc(Cl)cc2)CC1. The minimum Gasteiger partial charge on any atom is -0.399 e. The van der Waals surface area contributed by atoms with Crippen molar-refractivity contribution < 1.29 is 13.2 Å². The van der Waals surface area contributed by atoms with Crippen LogP contribution in [0.3, 0.4) is 0 Å². The quantitative estimate of drug-likeness (QED) is 0.811. The van der Waals surface area contributed by atoms with Crippen molar-refractivity contribution in [3.63, 3.8) is 0 Å². The number of nitrogens with zero attached hydrogens (tertiary/aromatic N) is 2. The van der Waals surface area contributed by atoms with E-state index < -0.39 is 10.0 Å². The smallest absolute Gasteiger partial charge is 0.254 e. The molecular formula is C18H20ClN3O3S. The zero-order valence-electron chi connectivity index (χ0n) is 14.4. The maximum absolute atomic E-state index is 12.7. The maximum Gasteiger partial charge on any atom is 0.254 e. The first-order valence-corrected chi connectivity index (χ1v) is 10.0. The number of benzene rings is 2. The summed E-state index contributed by atoms with van der Waals surface area (Å²) in [6.07, 6.45) is 0. The average Bonchev–Trinajstić information content (AvgIpc) is 2.63. The molecule has 2 N–H and O–H groups in total. The van der Waals surface area contributed by atoms with Gasteiger partial charge in [0.2, 0.25) is 10.0 Å². The molecule has 0 bridgehead atoms. The summed E-state index contributed by atoms with van der Waals surface area (Å²) < 4.78 is 26.8. The summed E-state index contributed by atoms with van der Waals surface area (Å²) in [5.74, 6) is -0.127. The summed E-state index contributed by atoms with van der Waals surface area (Å²) >= 11 is 5.82. The molecule has 1 saturated heterocycles. The Hall–Kier alpha value is -2.09. The first-order chi connectivity index (χ1) is 12.3. The molecule has 138 valence electrons. The highest BCUT2D eigenvalue weighted by Gasteiger charge is 2.30. The van der Waals surface area contributed by atoms with Crippen molar-refractivity contribution in [1.82, 2.24) is 9.21 Å². The molecule has 1 heterocycles. The Kier molecular flexibility index (Phi) is 5.22. The van der Waals surface area contributed by atoms with Gasteiger partial charge in [-0.1, -0.05) is 17.7 Å². The van der Waals surface area contributed by atoms with Gasteiger partial charge in [0.25, 0.3) is 5.91 Å². The van der Waals surface area contributed by atoms with Crippen LogP contribution in [0, 0.1) is 6.92 Å². The van der Waals surface area contributed by atoms with Crippen LogP contribution in [0.5, 0.6) is 0 Å². The molecule has 26 heavy (non-hydrogen) atoms. The van der Waals surface area contributed by atoms with Crippen molar-refractivity contribution in [3.8, 4) is 0 Å². The van der Waals surface area contributed by atoms with Gasteiger partial charge >= 0.3 is 0 Å². The fraction of sp³-hybridized carbons (Fsp3) is 0.278. The number of aryl methyl sites for hydroxylation is 1. The first kappa shape index (κ1) is 18.7. The average molecular weight is 394 g/mol. The number of anilines is 1. The van der Waals surface area contributed by atoms with Gasteiger partial charge in [0.15, 0.2) is 0 Å². The Balaban J connectivity index is 1.71. The second-order valence-electron chi connectivity index (χ2n) is 6.22. The van der Waals surface area contributed by atoms with Crippen molar-refractivity contribution in [2.24, 2.45) is 0 Å². The van der Waals surface area contributed by atoms with E-state index in [4.69, 9.17) is 17.3 Å². The highest BCUT2D eigenvalue weighted by atomic mass is 35.5. The molecule has 2 aromatic rings. The van der Waals surface area contributed by atoms with Gasteiger partial charge in [-0.3, -0.25) is 4.79 Å². The number of carbonyl (C=O) groups excluding carboxylic acids is 1. The van der Waals surface area contributed by atoms with Gasteiger partial charge in [-0.05, 0) is 48.9 Å². The summed E-state index contributed by atoms with van der Waals surface area (Å²) in [5, 5.41) is 0.483. The summed E-state index contributed by atoms with van der Waals surface area (Å²) in [4.78, 5) is 14.6. The zero-order valence-corrected chi connectivity index (χ0v) is 15.9. The first-order valence-electron chi connectivity index (χ1n) is 8.20. The lowest BCUT2D eigenvalue weighted by molar-refractivity contribution is 0.0697. The van der Waals surface area contributed by atoms with Gasteiger partial charge in [-0.25, -0.2) is 8.42 Å². The predicted molar refractivity (Wildman–Crippen MR) is 102 cm³/mol. The van der Waals surface area contributed by atoms with Crippen LogP contribution in [0.25, 0.3) is 0 Å². The number of hydrogen-bond donors (Lipinski definition) is 1. The molecule has 0 atom stereocenters. The van der Waals surface area contributed by atoms with Crippen molar-refractivity contribution in [2.45, 2.75) is 11.8 Å².